The Balaban J connectivity index is 1.45. The monoisotopic (exact) mass is 465 g/mol. The Labute approximate surface area is 194 Å². The predicted octanol–water partition coefficient (Wildman–Crippen LogP) is 3.74. The smallest absolute Gasteiger partial charge is 0.256 e. The lowest BCUT2D eigenvalue weighted by molar-refractivity contribution is 0.0709. The standard InChI is InChI=1S/C22H20ClN7O3/c1-2-32-20-16(5-3-9-24-20)19-27-21(33-28-19)17-6-4-12-29(17)22(31)15-8-7-14(23)13-18(15)30-25-10-11-26-30/h3,5,7-11,13,17H,2,4,6,12H2,1H3/t17-/m0/s1. The maximum Gasteiger partial charge on any atom is 0.256 e. The normalized spacial score (nSPS) is 15.7. The van der Waals surface area contributed by atoms with Gasteiger partial charge in [0.1, 0.15) is 6.04 Å². The molecular formula is C22H20ClN7O3. The number of carbonyl (C=O) groups is 1. The SMILES string of the molecule is CCOc1ncccc1-c1noc([C@@H]2CCCN2C(=O)c2ccc(Cl)cc2-n2nccn2)n1. The lowest BCUT2D eigenvalue weighted by Crippen LogP contribution is -2.31. The van der Waals surface area contributed by atoms with Gasteiger partial charge in [0.2, 0.25) is 17.6 Å². The van der Waals surface area contributed by atoms with E-state index in [1.165, 1.54) is 4.80 Å². The molecular weight excluding hydrogens is 446 g/mol. The molecule has 0 spiro atoms. The van der Waals surface area contributed by atoms with Crippen LogP contribution in [0.2, 0.25) is 5.02 Å². The van der Waals surface area contributed by atoms with Gasteiger partial charge < -0.3 is 14.2 Å². The first-order chi connectivity index (χ1) is 16.2. The summed E-state index contributed by atoms with van der Waals surface area (Å²) in [5.74, 6) is 0.991. The molecule has 0 N–H and O–H groups in total. The molecule has 1 aromatic carbocycles. The number of carbonyl (C=O) groups excluding carboxylic acids is 1. The first-order valence-electron chi connectivity index (χ1n) is 10.5. The van der Waals surface area contributed by atoms with Gasteiger partial charge in [-0.2, -0.15) is 20.0 Å². The molecule has 3 aromatic heterocycles. The minimum Gasteiger partial charge on any atom is -0.477 e. The van der Waals surface area contributed by atoms with Gasteiger partial charge in [-0.1, -0.05) is 16.8 Å². The molecule has 5 rings (SSSR count). The van der Waals surface area contributed by atoms with Gasteiger partial charge >= 0.3 is 0 Å². The number of likely N-dealkylation sites (tertiary alicyclic amines) is 1. The molecule has 168 valence electrons. The number of hydrogen-bond donors (Lipinski definition) is 0. The van der Waals surface area contributed by atoms with E-state index in [9.17, 15) is 4.79 Å². The summed E-state index contributed by atoms with van der Waals surface area (Å²) in [5, 5.41) is 12.9. The van der Waals surface area contributed by atoms with Crippen molar-refractivity contribution >= 4 is 17.5 Å². The molecule has 1 amide bonds. The highest BCUT2D eigenvalue weighted by molar-refractivity contribution is 6.31. The van der Waals surface area contributed by atoms with Gasteiger partial charge in [0.05, 0.1) is 35.8 Å². The number of halogens is 1. The molecule has 11 heteroatoms. The summed E-state index contributed by atoms with van der Waals surface area (Å²) in [6, 6.07) is 8.28. The number of amides is 1. The van der Waals surface area contributed by atoms with Crippen molar-refractivity contribution in [2.45, 2.75) is 25.8 Å². The predicted molar refractivity (Wildman–Crippen MR) is 118 cm³/mol. The minimum absolute atomic E-state index is 0.183. The van der Waals surface area contributed by atoms with Crippen LogP contribution in [-0.2, 0) is 0 Å². The van der Waals surface area contributed by atoms with Crippen LogP contribution in [0.3, 0.4) is 0 Å². The van der Waals surface area contributed by atoms with Gasteiger partial charge in [0.25, 0.3) is 5.91 Å². The molecule has 0 saturated carbocycles. The van der Waals surface area contributed by atoms with E-state index in [0.29, 0.717) is 59.0 Å². The average molecular weight is 466 g/mol. The molecule has 1 aliphatic rings. The van der Waals surface area contributed by atoms with Crippen LogP contribution in [0, 0.1) is 0 Å². The van der Waals surface area contributed by atoms with Gasteiger partial charge in [-0.15, -0.1) is 0 Å². The third-order valence-corrected chi connectivity index (χ3v) is 5.59. The quantitative estimate of drug-likeness (QED) is 0.423. The van der Waals surface area contributed by atoms with Crippen molar-refractivity contribution in [1.29, 1.82) is 0 Å². The average Bonchev–Trinajstić information content (AvgIpc) is 3.61. The number of pyridine rings is 1. The third-order valence-electron chi connectivity index (χ3n) is 5.36. The lowest BCUT2D eigenvalue weighted by Gasteiger charge is -2.23. The van der Waals surface area contributed by atoms with Crippen molar-refractivity contribution in [3.63, 3.8) is 0 Å². The van der Waals surface area contributed by atoms with Gasteiger partial charge in [-0.3, -0.25) is 4.79 Å². The Morgan fingerprint density at radius 2 is 2.09 bits per heavy atom. The molecule has 1 aliphatic heterocycles. The zero-order valence-electron chi connectivity index (χ0n) is 17.8. The van der Waals surface area contributed by atoms with Crippen LogP contribution >= 0.6 is 11.6 Å². The Morgan fingerprint density at radius 3 is 2.91 bits per heavy atom. The zero-order valence-corrected chi connectivity index (χ0v) is 18.5. The largest absolute Gasteiger partial charge is 0.477 e. The van der Waals surface area contributed by atoms with Crippen molar-refractivity contribution in [1.82, 2.24) is 35.0 Å². The molecule has 33 heavy (non-hydrogen) atoms. The lowest BCUT2D eigenvalue weighted by atomic mass is 10.1. The number of benzene rings is 1. The number of nitrogens with zero attached hydrogens (tertiary/aromatic N) is 7. The molecule has 1 fully saturated rings. The maximum absolute atomic E-state index is 13.6. The third kappa shape index (κ3) is 4.05. The summed E-state index contributed by atoms with van der Waals surface area (Å²) < 4.78 is 11.2. The number of ether oxygens (including phenoxy) is 1. The van der Waals surface area contributed by atoms with Crippen LogP contribution in [0.1, 0.15) is 42.1 Å². The minimum atomic E-state index is -0.347. The van der Waals surface area contributed by atoms with Gasteiger partial charge in [0, 0.05) is 17.8 Å². The summed E-state index contributed by atoms with van der Waals surface area (Å²) in [7, 11) is 0. The highest BCUT2D eigenvalue weighted by Gasteiger charge is 2.36. The first-order valence-corrected chi connectivity index (χ1v) is 10.9. The van der Waals surface area contributed by atoms with E-state index in [1.54, 1.807) is 47.8 Å². The second-order valence-corrected chi connectivity index (χ2v) is 7.82. The van der Waals surface area contributed by atoms with Crippen molar-refractivity contribution in [3.05, 3.63) is 65.4 Å². The fourth-order valence-corrected chi connectivity index (χ4v) is 4.07. The summed E-state index contributed by atoms with van der Waals surface area (Å²) in [6.07, 6.45) is 6.26. The Hall–Kier alpha value is -3.79. The summed E-state index contributed by atoms with van der Waals surface area (Å²) in [5.41, 5.74) is 1.58. The highest BCUT2D eigenvalue weighted by atomic mass is 35.5. The molecule has 1 atom stereocenters. The van der Waals surface area contributed by atoms with Crippen molar-refractivity contribution in [2.24, 2.45) is 0 Å². The van der Waals surface area contributed by atoms with E-state index in [-0.39, 0.29) is 11.9 Å². The van der Waals surface area contributed by atoms with E-state index >= 15 is 0 Å². The number of rotatable bonds is 6. The molecule has 1 saturated heterocycles. The molecule has 4 heterocycles. The van der Waals surface area contributed by atoms with Gasteiger partial charge in [-0.25, -0.2) is 4.98 Å². The summed E-state index contributed by atoms with van der Waals surface area (Å²) in [6.45, 7) is 2.91. The van der Waals surface area contributed by atoms with Crippen LogP contribution in [0.25, 0.3) is 17.1 Å². The topological polar surface area (TPSA) is 112 Å². The van der Waals surface area contributed by atoms with Crippen LogP contribution in [0.15, 0.2) is 53.4 Å². The highest BCUT2D eigenvalue weighted by Crippen LogP contribution is 2.35. The fourth-order valence-electron chi connectivity index (χ4n) is 3.91. The fraction of sp³-hybridized carbons (Fsp3) is 0.273. The molecule has 10 nitrogen and oxygen atoms in total. The molecule has 0 aliphatic carbocycles. The van der Waals surface area contributed by atoms with Crippen molar-refractivity contribution < 1.29 is 14.1 Å². The molecule has 0 bridgehead atoms. The van der Waals surface area contributed by atoms with E-state index < -0.39 is 0 Å². The Bertz CT molecular complexity index is 1270. The number of aromatic nitrogens is 6. The van der Waals surface area contributed by atoms with Crippen molar-refractivity contribution in [2.75, 3.05) is 13.2 Å². The van der Waals surface area contributed by atoms with Gasteiger partial charge in [0.15, 0.2) is 0 Å². The van der Waals surface area contributed by atoms with Crippen LogP contribution in [0.4, 0.5) is 0 Å². The van der Waals surface area contributed by atoms with E-state index in [4.69, 9.17) is 20.9 Å². The second-order valence-electron chi connectivity index (χ2n) is 7.38. The summed E-state index contributed by atoms with van der Waals surface area (Å²) >= 11 is 6.18. The maximum atomic E-state index is 13.6. The molecule has 0 radical (unpaired) electrons. The zero-order chi connectivity index (χ0) is 22.8. The Morgan fingerprint density at radius 1 is 1.24 bits per heavy atom. The van der Waals surface area contributed by atoms with Crippen LogP contribution in [0.5, 0.6) is 5.88 Å². The van der Waals surface area contributed by atoms with E-state index in [2.05, 4.69) is 25.3 Å². The van der Waals surface area contributed by atoms with Crippen LogP contribution in [-0.4, -0.2) is 54.1 Å². The molecule has 4 aromatic rings. The number of hydrogen-bond acceptors (Lipinski definition) is 8. The second kappa shape index (κ2) is 8.99. The van der Waals surface area contributed by atoms with Gasteiger partial charge in [-0.05, 0) is 50.1 Å². The van der Waals surface area contributed by atoms with Crippen molar-refractivity contribution in [3.8, 4) is 23.0 Å². The Kier molecular flexibility index (Phi) is 5.74. The van der Waals surface area contributed by atoms with Crippen LogP contribution < -0.4 is 4.74 Å². The van der Waals surface area contributed by atoms with E-state index in [0.717, 1.165) is 6.42 Å². The molecule has 0 unspecified atom stereocenters. The van der Waals surface area contributed by atoms with E-state index in [1.807, 2.05) is 13.0 Å². The first kappa shape index (κ1) is 21.1. The summed E-state index contributed by atoms with van der Waals surface area (Å²) in [4.78, 5) is 25.5.